The van der Waals surface area contributed by atoms with Gasteiger partial charge in [0.05, 0.1) is 0 Å². The minimum Gasteiger partial charge on any atom is -0.475 e. The molecule has 1 fully saturated rings. The number of aliphatic carboxylic acids is 1. The highest BCUT2D eigenvalue weighted by atomic mass is 79.9. The predicted molar refractivity (Wildman–Crippen MR) is 76.3 cm³/mol. The summed E-state index contributed by atoms with van der Waals surface area (Å²) in [6.45, 7) is 3.02. The SMILES string of the molecule is CCn1c(Br)nnc1[C@H]1CCC[C@@H](N)C1.O=C(O)C(F)(F)F. The summed E-state index contributed by atoms with van der Waals surface area (Å²) in [5, 5.41) is 15.5. The predicted octanol–water partition coefficient (Wildman–Crippen LogP) is 2.68. The van der Waals surface area contributed by atoms with Crippen molar-refractivity contribution in [1.82, 2.24) is 14.8 Å². The highest BCUT2D eigenvalue weighted by Crippen LogP contribution is 2.32. The third-order valence-corrected chi connectivity index (χ3v) is 3.96. The Morgan fingerprint density at radius 3 is 2.50 bits per heavy atom. The molecule has 0 amide bonds. The van der Waals surface area contributed by atoms with Gasteiger partial charge in [0.1, 0.15) is 5.82 Å². The quantitative estimate of drug-likeness (QED) is 0.814. The van der Waals surface area contributed by atoms with E-state index in [1.807, 2.05) is 0 Å². The Kier molecular flexibility index (Phi) is 6.79. The fourth-order valence-corrected chi connectivity index (χ4v) is 2.86. The molecule has 1 heterocycles. The van der Waals surface area contributed by atoms with Crippen LogP contribution in [0.2, 0.25) is 0 Å². The van der Waals surface area contributed by atoms with Crippen LogP contribution >= 0.6 is 15.9 Å². The van der Waals surface area contributed by atoms with Crippen LogP contribution in [0.15, 0.2) is 4.73 Å². The molecular formula is C12H18BrF3N4O2. The normalized spacial score (nSPS) is 21.9. The summed E-state index contributed by atoms with van der Waals surface area (Å²) in [6, 6.07) is 0.338. The number of hydrogen-bond acceptors (Lipinski definition) is 4. The monoisotopic (exact) mass is 386 g/mol. The van der Waals surface area contributed by atoms with Gasteiger partial charge in [0.15, 0.2) is 4.73 Å². The van der Waals surface area contributed by atoms with Gasteiger partial charge < -0.3 is 15.4 Å². The first-order chi connectivity index (χ1) is 10.2. The Morgan fingerprint density at radius 1 is 1.45 bits per heavy atom. The van der Waals surface area contributed by atoms with E-state index in [1.54, 1.807) is 0 Å². The Labute approximate surface area is 134 Å². The Balaban J connectivity index is 0.000000295. The first kappa shape index (κ1) is 18.9. The Bertz CT molecular complexity index is 507. The number of carbonyl (C=O) groups is 1. The molecule has 0 radical (unpaired) electrons. The molecule has 126 valence electrons. The third-order valence-electron chi connectivity index (χ3n) is 3.37. The number of carboxylic acids is 1. The highest BCUT2D eigenvalue weighted by molar-refractivity contribution is 9.10. The lowest BCUT2D eigenvalue weighted by Crippen LogP contribution is -2.28. The molecule has 0 aliphatic heterocycles. The molecule has 22 heavy (non-hydrogen) atoms. The Hall–Kier alpha value is -1.16. The topological polar surface area (TPSA) is 94.0 Å². The molecule has 1 aliphatic rings. The molecule has 1 aliphatic carbocycles. The number of alkyl halides is 3. The van der Waals surface area contributed by atoms with Gasteiger partial charge in [0.25, 0.3) is 0 Å². The maximum absolute atomic E-state index is 10.6. The van der Waals surface area contributed by atoms with Gasteiger partial charge in [-0.1, -0.05) is 6.42 Å². The van der Waals surface area contributed by atoms with E-state index in [0.717, 1.165) is 29.9 Å². The molecule has 0 spiro atoms. The average molecular weight is 387 g/mol. The van der Waals surface area contributed by atoms with E-state index in [1.165, 1.54) is 12.8 Å². The van der Waals surface area contributed by atoms with Crippen LogP contribution in [0.3, 0.4) is 0 Å². The van der Waals surface area contributed by atoms with Crippen LogP contribution in [0.5, 0.6) is 0 Å². The zero-order valence-corrected chi connectivity index (χ0v) is 13.6. The first-order valence-electron chi connectivity index (χ1n) is 6.81. The number of rotatable bonds is 2. The smallest absolute Gasteiger partial charge is 0.475 e. The van der Waals surface area contributed by atoms with Crippen LogP contribution in [-0.4, -0.2) is 38.1 Å². The van der Waals surface area contributed by atoms with E-state index in [9.17, 15) is 13.2 Å². The number of carboxylic acid groups (broad SMARTS) is 1. The molecule has 10 heteroatoms. The van der Waals surface area contributed by atoms with E-state index in [4.69, 9.17) is 15.6 Å². The molecule has 2 atom stereocenters. The minimum atomic E-state index is -5.08. The van der Waals surface area contributed by atoms with Crippen molar-refractivity contribution < 1.29 is 23.1 Å². The molecule has 1 aromatic rings. The minimum absolute atomic E-state index is 0.338. The van der Waals surface area contributed by atoms with E-state index >= 15 is 0 Å². The van der Waals surface area contributed by atoms with Crippen molar-refractivity contribution in [2.75, 3.05) is 0 Å². The van der Waals surface area contributed by atoms with Crippen LogP contribution in [0.4, 0.5) is 13.2 Å². The average Bonchev–Trinajstić information content (AvgIpc) is 2.79. The summed E-state index contributed by atoms with van der Waals surface area (Å²) < 4.78 is 34.7. The van der Waals surface area contributed by atoms with Crippen molar-refractivity contribution in [3.63, 3.8) is 0 Å². The van der Waals surface area contributed by atoms with E-state index in [0.29, 0.717) is 12.0 Å². The highest BCUT2D eigenvalue weighted by Gasteiger charge is 2.38. The summed E-state index contributed by atoms with van der Waals surface area (Å²) in [7, 11) is 0. The molecule has 6 nitrogen and oxygen atoms in total. The van der Waals surface area contributed by atoms with Crippen molar-refractivity contribution in [2.24, 2.45) is 5.73 Å². The standard InChI is InChI=1S/C10H17BrN4.C2HF3O2/c1-2-15-9(13-14-10(15)11)7-4-3-5-8(12)6-7;3-2(4,5)1(6)7/h7-8H,2-6,12H2,1H3;(H,6,7)/t7-,8+;/m0./s1. The fraction of sp³-hybridized carbons (Fsp3) is 0.750. The van der Waals surface area contributed by atoms with Crippen LogP contribution in [0, 0.1) is 0 Å². The van der Waals surface area contributed by atoms with E-state index in [-0.39, 0.29) is 0 Å². The maximum Gasteiger partial charge on any atom is 0.490 e. The number of aromatic nitrogens is 3. The fourth-order valence-electron chi connectivity index (χ4n) is 2.35. The van der Waals surface area contributed by atoms with Gasteiger partial charge in [-0.25, -0.2) is 4.79 Å². The zero-order valence-electron chi connectivity index (χ0n) is 12.0. The Morgan fingerprint density at radius 2 is 2.05 bits per heavy atom. The largest absolute Gasteiger partial charge is 0.490 e. The van der Waals surface area contributed by atoms with Crippen LogP contribution in [-0.2, 0) is 11.3 Å². The maximum atomic E-state index is 10.6. The number of nitrogens with zero attached hydrogens (tertiary/aromatic N) is 3. The van der Waals surface area contributed by atoms with Gasteiger partial charge in [-0.2, -0.15) is 13.2 Å². The lowest BCUT2D eigenvalue weighted by atomic mass is 9.85. The third kappa shape index (κ3) is 5.24. The van der Waals surface area contributed by atoms with E-state index in [2.05, 4.69) is 37.6 Å². The summed E-state index contributed by atoms with van der Waals surface area (Å²) in [4.78, 5) is 8.90. The summed E-state index contributed by atoms with van der Waals surface area (Å²) in [6.07, 6.45) is -0.484. The molecule has 2 rings (SSSR count). The van der Waals surface area contributed by atoms with Gasteiger partial charge in [-0.3, -0.25) is 0 Å². The van der Waals surface area contributed by atoms with Gasteiger partial charge in [0, 0.05) is 18.5 Å². The molecule has 1 saturated carbocycles. The molecule has 1 aromatic heterocycles. The first-order valence-corrected chi connectivity index (χ1v) is 7.60. The van der Waals surface area contributed by atoms with Crippen LogP contribution < -0.4 is 5.73 Å². The van der Waals surface area contributed by atoms with Crippen molar-refractivity contribution in [3.05, 3.63) is 10.6 Å². The van der Waals surface area contributed by atoms with Gasteiger partial charge in [-0.15, -0.1) is 10.2 Å². The van der Waals surface area contributed by atoms with Crippen LogP contribution in [0.1, 0.15) is 44.3 Å². The second-order valence-corrected chi connectivity index (χ2v) is 5.71. The van der Waals surface area contributed by atoms with Crippen LogP contribution in [0.25, 0.3) is 0 Å². The summed E-state index contributed by atoms with van der Waals surface area (Å²) in [5.41, 5.74) is 5.99. The number of hydrogen-bond donors (Lipinski definition) is 2. The van der Waals surface area contributed by atoms with Gasteiger partial charge in [-0.05, 0) is 42.1 Å². The summed E-state index contributed by atoms with van der Waals surface area (Å²) in [5.74, 6) is -1.17. The van der Waals surface area contributed by atoms with Crippen molar-refractivity contribution >= 4 is 21.9 Å². The number of nitrogens with two attached hydrogens (primary N) is 1. The molecule has 3 N–H and O–H groups in total. The van der Waals surface area contributed by atoms with Crippen molar-refractivity contribution in [1.29, 1.82) is 0 Å². The van der Waals surface area contributed by atoms with Crippen molar-refractivity contribution in [2.45, 2.75) is 57.3 Å². The summed E-state index contributed by atoms with van der Waals surface area (Å²) >= 11 is 3.42. The van der Waals surface area contributed by atoms with Crippen molar-refractivity contribution in [3.8, 4) is 0 Å². The van der Waals surface area contributed by atoms with Gasteiger partial charge >= 0.3 is 12.1 Å². The van der Waals surface area contributed by atoms with E-state index < -0.39 is 12.1 Å². The molecule has 0 bridgehead atoms. The lowest BCUT2D eigenvalue weighted by molar-refractivity contribution is -0.192. The number of halogens is 4. The lowest BCUT2D eigenvalue weighted by Gasteiger charge is -2.26. The molecular weight excluding hydrogens is 369 g/mol. The molecule has 0 unspecified atom stereocenters. The zero-order chi connectivity index (χ0) is 16.9. The second kappa shape index (κ2) is 7.91. The van der Waals surface area contributed by atoms with Gasteiger partial charge in [0.2, 0.25) is 0 Å². The second-order valence-electron chi connectivity index (χ2n) is 5.00. The molecule has 0 aromatic carbocycles. The molecule has 0 saturated heterocycles.